The molecule has 0 aliphatic rings. The largest absolute Gasteiger partial charge is 0.393 e. The number of hydrogen-bond acceptors (Lipinski definition) is 1. The highest BCUT2D eigenvalue weighted by atomic mass is 79.9. The average molecular weight is 303 g/mol. The van der Waals surface area contributed by atoms with E-state index in [4.69, 9.17) is 0 Å². The van der Waals surface area contributed by atoms with Crippen LogP contribution in [-0.2, 0) is 6.42 Å². The lowest BCUT2D eigenvalue weighted by Gasteiger charge is -2.25. The van der Waals surface area contributed by atoms with Crippen LogP contribution >= 0.6 is 15.9 Å². The number of rotatable bonds is 4. The monoisotopic (exact) mass is 302 g/mol. The van der Waals surface area contributed by atoms with Crippen molar-refractivity contribution in [3.05, 3.63) is 34.1 Å². The number of aliphatic hydroxyl groups is 1. The molecule has 1 rings (SSSR count). The van der Waals surface area contributed by atoms with Gasteiger partial charge < -0.3 is 5.11 Å². The fraction of sp³-hybridized carbons (Fsp3) is 0.571. The van der Waals surface area contributed by atoms with Gasteiger partial charge in [0.2, 0.25) is 0 Å². The minimum absolute atomic E-state index is 0.0989. The van der Waals surface area contributed by atoms with Gasteiger partial charge >= 0.3 is 0 Å². The van der Waals surface area contributed by atoms with Gasteiger partial charge in [0.05, 0.1) is 6.10 Å². The summed E-state index contributed by atoms with van der Waals surface area (Å²) in [7, 11) is 0. The molecule has 0 aliphatic heterocycles. The predicted octanol–water partition coefficient (Wildman–Crippen LogP) is 4.32. The van der Waals surface area contributed by atoms with E-state index >= 15 is 0 Å². The van der Waals surface area contributed by atoms with Gasteiger partial charge in [0.15, 0.2) is 0 Å². The standard InChI is InChI=1S/C14H20BrFO/c1-14(2,3)13(17)6-4-5-10-7-8-11(15)9-12(10)16/h7-9,13,17H,4-6H2,1-3H3. The van der Waals surface area contributed by atoms with Crippen molar-refractivity contribution in [3.63, 3.8) is 0 Å². The van der Waals surface area contributed by atoms with Gasteiger partial charge in [-0.05, 0) is 42.4 Å². The zero-order valence-corrected chi connectivity index (χ0v) is 12.2. The van der Waals surface area contributed by atoms with Crippen molar-refractivity contribution in [1.82, 2.24) is 0 Å². The van der Waals surface area contributed by atoms with E-state index in [1.165, 1.54) is 6.07 Å². The van der Waals surface area contributed by atoms with Crippen molar-refractivity contribution in [1.29, 1.82) is 0 Å². The van der Waals surface area contributed by atoms with E-state index in [9.17, 15) is 9.50 Å². The Kier molecular flexibility index (Phi) is 5.14. The first-order valence-corrected chi connectivity index (χ1v) is 6.72. The number of benzene rings is 1. The van der Waals surface area contributed by atoms with Crippen LogP contribution in [0.2, 0.25) is 0 Å². The number of hydrogen-bond donors (Lipinski definition) is 1. The van der Waals surface area contributed by atoms with Crippen LogP contribution in [0.5, 0.6) is 0 Å². The van der Waals surface area contributed by atoms with Gasteiger partial charge in [0.1, 0.15) is 5.82 Å². The van der Waals surface area contributed by atoms with Crippen molar-refractivity contribution >= 4 is 15.9 Å². The number of halogens is 2. The summed E-state index contributed by atoms with van der Waals surface area (Å²) in [6.45, 7) is 6.04. The van der Waals surface area contributed by atoms with Crippen LogP contribution in [0, 0.1) is 11.2 Å². The van der Waals surface area contributed by atoms with Gasteiger partial charge in [-0.1, -0.05) is 42.8 Å². The van der Waals surface area contributed by atoms with Gasteiger partial charge in [-0.15, -0.1) is 0 Å². The molecule has 1 nitrogen and oxygen atoms in total. The molecule has 0 aliphatic carbocycles. The number of aliphatic hydroxyl groups excluding tert-OH is 1. The Morgan fingerprint density at radius 1 is 1.35 bits per heavy atom. The molecule has 0 saturated carbocycles. The zero-order chi connectivity index (χ0) is 13.1. The van der Waals surface area contributed by atoms with Crippen molar-refractivity contribution < 1.29 is 9.50 Å². The predicted molar refractivity (Wildman–Crippen MR) is 72.5 cm³/mol. The Morgan fingerprint density at radius 2 is 2.00 bits per heavy atom. The van der Waals surface area contributed by atoms with Gasteiger partial charge in [-0.3, -0.25) is 0 Å². The summed E-state index contributed by atoms with van der Waals surface area (Å²) < 4.78 is 14.3. The van der Waals surface area contributed by atoms with Gasteiger partial charge in [-0.2, -0.15) is 0 Å². The van der Waals surface area contributed by atoms with E-state index in [2.05, 4.69) is 15.9 Å². The molecule has 0 radical (unpaired) electrons. The van der Waals surface area contributed by atoms with E-state index in [-0.39, 0.29) is 17.3 Å². The molecular weight excluding hydrogens is 283 g/mol. The third-order valence-electron chi connectivity index (χ3n) is 2.94. The van der Waals surface area contributed by atoms with Gasteiger partial charge in [0, 0.05) is 4.47 Å². The molecule has 0 aromatic heterocycles. The molecule has 0 heterocycles. The van der Waals surface area contributed by atoms with Gasteiger partial charge in [-0.25, -0.2) is 4.39 Å². The minimum atomic E-state index is -0.332. The summed E-state index contributed by atoms with van der Waals surface area (Å²) in [5.41, 5.74) is 0.618. The van der Waals surface area contributed by atoms with Crippen LogP contribution in [0.15, 0.2) is 22.7 Å². The van der Waals surface area contributed by atoms with Crippen LogP contribution in [0.1, 0.15) is 39.2 Å². The molecule has 1 aromatic rings. The molecular formula is C14H20BrFO. The zero-order valence-electron chi connectivity index (χ0n) is 10.6. The first-order chi connectivity index (χ1) is 7.80. The fourth-order valence-corrected chi connectivity index (χ4v) is 1.98. The summed E-state index contributed by atoms with van der Waals surface area (Å²) in [5.74, 6) is -0.176. The molecule has 96 valence electrons. The van der Waals surface area contributed by atoms with Crippen molar-refractivity contribution in [3.8, 4) is 0 Å². The second kappa shape index (κ2) is 5.96. The van der Waals surface area contributed by atoms with Crippen LogP contribution in [0.3, 0.4) is 0 Å². The average Bonchev–Trinajstić information content (AvgIpc) is 2.19. The highest BCUT2D eigenvalue weighted by molar-refractivity contribution is 9.10. The maximum Gasteiger partial charge on any atom is 0.127 e. The van der Waals surface area contributed by atoms with Crippen molar-refractivity contribution in [2.45, 2.75) is 46.1 Å². The lowest BCUT2D eigenvalue weighted by Crippen LogP contribution is -2.25. The Bertz CT molecular complexity index is 371. The summed E-state index contributed by atoms with van der Waals surface area (Å²) in [6.07, 6.45) is 1.85. The number of aryl methyl sites for hydroxylation is 1. The molecule has 1 atom stereocenters. The van der Waals surface area contributed by atoms with Crippen LogP contribution in [-0.4, -0.2) is 11.2 Å². The third-order valence-corrected chi connectivity index (χ3v) is 3.43. The van der Waals surface area contributed by atoms with Crippen LogP contribution in [0.25, 0.3) is 0 Å². The Hall–Kier alpha value is -0.410. The molecule has 0 saturated heterocycles. The lowest BCUT2D eigenvalue weighted by atomic mass is 9.86. The van der Waals surface area contributed by atoms with Gasteiger partial charge in [0.25, 0.3) is 0 Å². The smallest absolute Gasteiger partial charge is 0.127 e. The molecule has 0 amide bonds. The Balaban J connectivity index is 2.46. The van der Waals surface area contributed by atoms with Crippen molar-refractivity contribution in [2.75, 3.05) is 0 Å². The SMILES string of the molecule is CC(C)(C)C(O)CCCc1ccc(Br)cc1F. The third kappa shape index (κ3) is 4.76. The highest BCUT2D eigenvalue weighted by Crippen LogP contribution is 2.24. The molecule has 1 aromatic carbocycles. The van der Waals surface area contributed by atoms with E-state index < -0.39 is 0 Å². The Morgan fingerprint density at radius 3 is 2.53 bits per heavy atom. The van der Waals surface area contributed by atoms with Crippen LogP contribution in [0.4, 0.5) is 4.39 Å². The molecule has 1 unspecified atom stereocenters. The second-order valence-electron chi connectivity index (χ2n) is 5.51. The summed E-state index contributed by atoms with van der Waals surface area (Å²) >= 11 is 3.23. The van der Waals surface area contributed by atoms with E-state index in [1.54, 1.807) is 6.07 Å². The van der Waals surface area contributed by atoms with E-state index in [1.807, 2.05) is 26.8 Å². The molecule has 0 fully saturated rings. The molecule has 0 spiro atoms. The Labute approximate surface area is 111 Å². The molecule has 0 bridgehead atoms. The van der Waals surface area contributed by atoms with Crippen molar-refractivity contribution in [2.24, 2.45) is 5.41 Å². The molecule has 3 heteroatoms. The van der Waals surface area contributed by atoms with E-state index in [0.29, 0.717) is 18.4 Å². The topological polar surface area (TPSA) is 20.2 Å². The highest BCUT2D eigenvalue weighted by Gasteiger charge is 2.21. The second-order valence-corrected chi connectivity index (χ2v) is 6.43. The lowest BCUT2D eigenvalue weighted by molar-refractivity contribution is 0.0540. The molecule has 17 heavy (non-hydrogen) atoms. The summed E-state index contributed by atoms with van der Waals surface area (Å²) in [6, 6.07) is 5.12. The maximum absolute atomic E-state index is 13.5. The maximum atomic E-state index is 13.5. The fourth-order valence-electron chi connectivity index (χ4n) is 1.64. The summed E-state index contributed by atoms with van der Waals surface area (Å²) in [5, 5.41) is 9.88. The van der Waals surface area contributed by atoms with Crippen LogP contribution < -0.4 is 0 Å². The van der Waals surface area contributed by atoms with E-state index in [0.717, 1.165) is 10.9 Å². The minimum Gasteiger partial charge on any atom is -0.393 e. The summed E-state index contributed by atoms with van der Waals surface area (Å²) in [4.78, 5) is 0. The first kappa shape index (κ1) is 14.7. The normalized spacial score (nSPS) is 13.8. The quantitative estimate of drug-likeness (QED) is 0.878. The first-order valence-electron chi connectivity index (χ1n) is 5.92. The molecule has 1 N–H and O–H groups in total.